The largest absolute Gasteiger partial charge is 0.464 e. The van der Waals surface area contributed by atoms with Gasteiger partial charge >= 0.3 is 12.1 Å². The van der Waals surface area contributed by atoms with Crippen LogP contribution in [0, 0.1) is 0 Å². The van der Waals surface area contributed by atoms with E-state index in [4.69, 9.17) is 13.9 Å². The van der Waals surface area contributed by atoms with Crippen LogP contribution in [-0.4, -0.2) is 50.0 Å². The van der Waals surface area contributed by atoms with E-state index in [9.17, 15) is 18.0 Å². The number of esters is 1. The average molecular weight is 521 g/mol. The maximum atomic E-state index is 13.9. The van der Waals surface area contributed by atoms with Crippen molar-refractivity contribution in [3.05, 3.63) is 72.4 Å². The molecule has 0 aliphatic heterocycles. The predicted octanol–water partition coefficient (Wildman–Crippen LogP) is 4.86. The average Bonchev–Trinajstić information content (AvgIpc) is 3.30. The van der Waals surface area contributed by atoms with Crippen LogP contribution in [0.1, 0.15) is 44.6 Å². The Morgan fingerprint density at radius 2 is 1.56 bits per heavy atom. The summed E-state index contributed by atoms with van der Waals surface area (Å²) in [7, 11) is -2.99. The Balaban J connectivity index is 1.86. The number of hydrogen-bond acceptors (Lipinski definition) is 5. The quantitative estimate of drug-likeness (QED) is 0.305. The van der Waals surface area contributed by atoms with Crippen molar-refractivity contribution in [2.45, 2.75) is 51.4 Å². The lowest BCUT2D eigenvalue weighted by atomic mass is 10.2. The summed E-state index contributed by atoms with van der Waals surface area (Å²) in [5, 5.41) is 7.60. The molecule has 0 amide bonds. The van der Waals surface area contributed by atoms with Gasteiger partial charge in [0, 0.05) is 19.1 Å². The van der Waals surface area contributed by atoms with Crippen molar-refractivity contribution in [1.29, 1.82) is 0 Å². The van der Waals surface area contributed by atoms with Gasteiger partial charge in [-0.1, -0.05) is 81.4 Å². The Labute approximate surface area is 209 Å². The van der Waals surface area contributed by atoms with Gasteiger partial charge in [0.05, 0.1) is 6.61 Å². The molecule has 3 aromatic rings. The van der Waals surface area contributed by atoms with Gasteiger partial charge in [-0.25, -0.2) is 4.79 Å². The third kappa shape index (κ3) is 6.17. The number of rotatable bonds is 10. The Morgan fingerprint density at radius 1 is 1.00 bits per heavy atom. The highest BCUT2D eigenvalue weighted by Gasteiger charge is 2.51. The zero-order valence-corrected chi connectivity index (χ0v) is 21.8. The molecule has 1 heterocycles. The molecule has 1 N–H and O–H groups in total. The van der Waals surface area contributed by atoms with Gasteiger partial charge in [-0.3, -0.25) is 5.10 Å². The number of benzene rings is 2. The van der Waals surface area contributed by atoms with Gasteiger partial charge in [0.1, 0.15) is 5.69 Å². The van der Waals surface area contributed by atoms with Gasteiger partial charge in [-0.05, 0) is 22.3 Å². The highest BCUT2D eigenvalue weighted by atomic mass is 28.4. The molecule has 194 valence electrons. The van der Waals surface area contributed by atoms with Crippen LogP contribution in [-0.2, 0) is 9.16 Å². The topological polar surface area (TPSA) is 73.4 Å². The monoisotopic (exact) mass is 520 g/mol. The highest BCUT2D eigenvalue weighted by Crippen LogP contribution is 2.37. The number of nitrogens with one attached hydrogen (secondary N) is 1. The maximum absolute atomic E-state index is 13.9. The summed E-state index contributed by atoms with van der Waals surface area (Å²) in [4.78, 5) is 11.8. The van der Waals surface area contributed by atoms with Crippen molar-refractivity contribution in [3.8, 4) is 5.88 Å². The van der Waals surface area contributed by atoms with Gasteiger partial charge in [-0.15, -0.1) is 5.10 Å². The second kappa shape index (κ2) is 11.3. The Kier molecular flexibility index (Phi) is 8.62. The zero-order valence-electron chi connectivity index (χ0n) is 20.8. The van der Waals surface area contributed by atoms with Crippen molar-refractivity contribution in [2.75, 3.05) is 13.2 Å². The van der Waals surface area contributed by atoms with Crippen LogP contribution in [0.5, 0.6) is 5.88 Å². The number of aromatic amines is 1. The van der Waals surface area contributed by atoms with E-state index in [1.165, 1.54) is 0 Å². The Bertz CT molecular complexity index is 1080. The molecule has 2 aromatic carbocycles. The minimum Gasteiger partial charge on any atom is -0.464 e. The molecule has 3 rings (SSSR count). The molecule has 0 bridgehead atoms. The summed E-state index contributed by atoms with van der Waals surface area (Å²) >= 11 is 0. The molecule has 0 aliphatic carbocycles. The van der Waals surface area contributed by atoms with Gasteiger partial charge < -0.3 is 13.9 Å². The lowest BCUT2D eigenvalue weighted by molar-refractivity contribution is -0.199. The number of aromatic nitrogens is 2. The van der Waals surface area contributed by atoms with E-state index < -0.39 is 33.0 Å². The second-order valence-corrected chi connectivity index (χ2v) is 13.6. The normalized spacial score (nSPS) is 13.3. The summed E-state index contributed by atoms with van der Waals surface area (Å²) < 4.78 is 58.2. The third-order valence-corrected chi connectivity index (χ3v) is 10.8. The van der Waals surface area contributed by atoms with Crippen molar-refractivity contribution in [3.63, 3.8) is 0 Å². The molecule has 0 radical (unpaired) electrons. The first-order chi connectivity index (χ1) is 17.0. The summed E-state index contributed by atoms with van der Waals surface area (Å²) in [6.45, 7) is 7.72. The lowest BCUT2D eigenvalue weighted by Crippen LogP contribution is -2.66. The van der Waals surface area contributed by atoms with Crippen LogP contribution >= 0.6 is 0 Å². The number of hydrogen-bond donors (Lipinski definition) is 1. The van der Waals surface area contributed by atoms with E-state index in [2.05, 4.69) is 31.0 Å². The number of carbonyl (C=O) groups excluding carboxylic acids is 1. The molecule has 0 aliphatic rings. The number of nitrogens with zero attached hydrogens (tertiary/aromatic N) is 1. The third-order valence-electron chi connectivity index (χ3n) is 5.79. The molecule has 0 saturated heterocycles. The number of carbonyl (C=O) groups is 1. The predicted molar refractivity (Wildman–Crippen MR) is 133 cm³/mol. The number of alkyl halides is 3. The fourth-order valence-corrected chi connectivity index (χ4v) is 8.77. The van der Waals surface area contributed by atoms with Crippen LogP contribution in [0.3, 0.4) is 0 Å². The van der Waals surface area contributed by atoms with Gasteiger partial charge in [0.2, 0.25) is 5.88 Å². The van der Waals surface area contributed by atoms with Crippen LogP contribution in [0.25, 0.3) is 0 Å². The molecule has 1 unspecified atom stereocenters. The number of ether oxygens (including phenoxy) is 2. The van der Waals surface area contributed by atoms with Crippen molar-refractivity contribution in [2.24, 2.45) is 0 Å². The first kappa shape index (κ1) is 27.5. The molecule has 1 aromatic heterocycles. The fourth-order valence-electron chi connectivity index (χ4n) is 4.19. The molecule has 1 atom stereocenters. The van der Waals surface area contributed by atoms with E-state index in [0.29, 0.717) is 0 Å². The first-order valence-corrected chi connectivity index (χ1v) is 13.6. The maximum Gasteiger partial charge on any atom is 0.425 e. The van der Waals surface area contributed by atoms with E-state index in [1.807, 2.05) is 60.7 Å². The van der Waals surface area contributed by atoms with E-state index in [-0.39, 0.29) is 29.8 Å². The van der Waals surface area contributed by atoms with Crippen LogP contribution in [0.2, 0.25) is 5.04 Å². The summed E-state index contributed by atoms with van der Waals surface area (Å²) in [5.41, 5.74) is -0.0867. The summed E-state index contributed by atoms with van der Waals surface area (Å²) in [6.07, 6.45) is -7.29. The standard InChI is InChI=1S/C26H31F3N2O4Si/c1-5-33-24(32)21-18-23(31-30-21)35-22(26(27,28)29)16-17-34-36(25(2,3)4,19-12-8-6-9-13-19)20-14-10-7-11-15-20/h6-15,18,22H,5,16-17H2,1-4H3,(H,30,31). The van der Waals surface area contributed by atoms with E-state index in [1.54, 1.807) is 6.92 Å². The Morgan fingerprint density at radius 3 is 2.03 bits per heavy atom. The molecule has 0 saturated carbocycles. The first-order valence-electron chi connectivity index (χ1n) is 11.7. The SMILES string of the molecule is CCOC(=O)c1cc(OC(CCO[Si](c2ccccc2)(c2ccccc2)C(C)(C)C)C(F)(F)F)n[nH]1. The summed E-state index contributed by atoms with van der Waals surface area (Å²) in [5.74, 6) is -1.07. The van der Waals surface area contributed by atoms with Gasteiger partial charge in [0.15, 0.2) is 6.10 Å². The molecule has 0 fully saturated rings. The smallest absolute Gasteiger partial charge is 0.425 e. The summed E-state index contributed by atoms with van der Waals surface area (Å²) in [6, 6.07) is 20.4. The van der Waals surface area contributed by atoms with Crippen LogP contribution < -0.4 is 15.1 Å². The fraction of sp³-hybridized carbons (Fsp3) is 0.385. The Hall–Kier alpha value is -3.11. The molecule has 10 heteroatoms. The number of H-pyrrole nitrogens is 1. The van der Waals surface area contributed by atoms with Crippen molar-refractivity contribution < 1.29 is 31.9 Å². The van der Waals surface area contributed by atoms with Gasteiger partial charge in [0.25, 0.3) is 8.32 Å². The number of halogens is 3. The van der Waals surface area contributed by atoms with Crippen molar-refractivity contribution >= 4 is 24.7 Å². The molecular weight excluding hydrogens is 489 g/mol. The van der Waals surface area contributed by atoms with Crippen LogP contribution in [0.4, 0.5) is 13.2 Å². The zero-order chi connectivity index (χ0) is 26.4. The van der Waals surface area contributed by atoms with Crippen molar-refractivity contribution in [1.82, 2.24) is 10.2 Å². The van der Waals surface area contributed by atoms with Gasteiger partial charge in [-0.2, -0.15) is 13.2 Å². The minimum atomic E-state index is -4.67. The van der Waals surface area contributed by atoms with E-state index >= 15 is 0 Å². The van der Waals surface area contributed by atoms with E-state index in [0.717, 1.165) is 16.4 Å². The van der Waals surface area contributed by atoms with Crippen LogP contribution in [0.15, 0.2) is 66.7 Å². The lowest BCUT2D eigenvalue weighted by Gasteiger charge is -2.43. The highest BCUT2D eigenvalue weighted by molar-refractivity contribution is 6.99. The second-order valence-electron chi connectivity index (χ2n) is 9.29. The molecule has 36 heavy (non-hydrogen) atoms. The molecular formula is C26H31F3N2O4Si. The molecule has 6 nitrogen and oxygen atoms in total. The molecule has 0 spiro atoms. The minimum absolute atomic E-state index is 0.0867.